The maximum Gasteiger partial charge on any atom is 0.120 e. The highest BCUT2D eigenvalue weighted by atomic mass is 35.5. The van der Waals surface area contributed by atoms with E-state index in [0.29, 0.717) is 6.61 Å². The lowest BCUT2D eigenvalue weighted by Gasteiger charge is -2.07. The van der Waals surface area contributed by atoms with E-state index in [4.69, 9.17) is 4.74 Å². The van der Waals surface area contributed by atoms with Gasteiger partial charge in [-0.3, -0.25) is 0 Å². The van der Waals surface area contributed by atoms with E-state index in [1.54, 1.807) is 6.08 Å². The smallest absolute Gasteiger partial charge is 0.120 e. The predicted octanol–water partition coefficient (Wildman–Crippen LogP) is 3.56. The SMILES string of the molecule is C=CCOc1cccc(CNCCCC)c1.Cl. The highest BCUT2D eigenvalue weighted by Gasteiger charge is 1.95. The molecule has 0 aliphatic heterocycles. The minimum absolute atomic E-state index is 0. The van der Waals surface area contributed by atoms with Gasteiger partial charge in [-0.25, -0.2) is 0 Å². The molecule has 0 atom stereocenters. The molecule has 0 aromatic heterocycles. The third-order valence-corrected chi connectivity index (χ3v) is 2.30. The first-order valence-corrected chi connectivity index (χ1v) is 5.90. The molecule has 1 N–H and O–H groups in total. The van der Waals surface area contributed by atoms with Crippen molar-refractivity contribution in [3.8, 4) is 5.75 Å². The summed E-state index contributed by atoms with van der Waals surface area (Å²) in [4.78, 5) is 0. The number of rotatable bonds is 8. The first kappa shape index (κ1) is 16.0. The molecule has 0 saturated carbocycles. The summed E-state index contributed by atoms with van der Waals surface area (Å²) in [5.41, 5.74) is 1.26. The highest BCUT2D eigenvalue weighted by molar-refractivity contribution is 5.85. The summed E-state index contributed by atoms with van der Waals surface area (Å²) < 4.78 is 5.48. The molecule has 1 aromatic carbocycles. The van der Waals surface area contributed by atoms with Crippen LogP contribution in [0.15, 0.2) is 36.9 Å². The van der Waals surface area contributed by atoms with Gasteiger partial charge in [-0.15, -0.1) is 12.4 Å². The van der Waals surface area contributed by atoms with Crippen molar-refractivity contribution in [2.45, 2.75) is 26.3 Å². The Morgan fingerprint density at radius 3 is 2.94 bits per heavy atom. The Labute approximate surface area is 110 Å². The molecule has 96 valence electrons. The molecule has 0 unspecified atom stereocenters. The molecule has 0 radical (unpaired) electrons. The van der Waals surface area contributed by atoms with Crippen molar-refractivity contribution in [3.63, 3.8) is 0 Å². The van der Waals surface area contributed by atoms with Gasteiger partial charge in [0.2, 0.25) is 0 Å². The second-order valence-corrected chi connectivity index (χ2v) is 3.78. The molecule has 0 amide bonds. The van der Waals surface area contributed by atoms with Crippen LogP contribution in [0.1, 0.15) is 25.3 Å². The van der Waals surface area contributed by atoms with Crippen LogP contribution >= 0.6 is 12.4 Å². The molecule has 0 bridgehead atoms. The van der Waals surface area contributed by atoms with Crippen molar-refractivity contribution in [3.05, 3.63) is 42.5 Å². The second kappa shape index (κ2) is 10.2. The van der Waals surface area contributed by atoms with Crippen molar-refractivity contribution in [1.29, 1.82) is 0 Å². The van der Waals surface area contributed by atoms with Gasteiger partial charge in [0.1, 0.15) is 12.4 Å². The van der Waals surface area contributed by atoms with E-state index >= 15 is 0 Å². The Bertz CT molecular complexity index is 315. The minimum Gasteiger partial charge on any atom is -0.490 e. The molecular formula is C14H22ClNO. The molecule has 17 heavy (non-hydrogen) atoms. The van der Waals surface area contributed by atoms with Crippen LogP contribution in [0, 0.1) is 0 Å². The van der Waals surface area contributed by atoms with Gasteiger partial charge >= 0.3 is 0 Å². The number of hydrogen-bond donors (Lipinski definition) is 1. The van der Waals surface area contributed by atoms with E-state index < -0.39 is 0 Å². The van der Waals surface area contributed by atoms with Gasteiger partial charge in [-0.1, -0.05) is 38.1 Å². The number of hydrogen-bond acceptors (Lipinski definition) is 2. The summed E-state index contributed by atoms with van der Waals surface area (Å²) in [6.07, 6.45) is 4.22. The molecule has 3 heteroatoms. The average Bonchev–Trinajstić information content (AvgIpc) is 2.33. The Morgan fingerprint density at radius 1 is 1.41 bits per heavy atom. The van der Waals surface area contributed by atoms with E-state index in [-0.39, 0.29) is 12.4 Å². The second-order valence-electron chi connectivity index (χ2n) is 3.78. The molecule has 0 aliphatic rings. The monoisotopic (exact) mass is 255 g/mol. The number of benzene rings is 1. The Morgan fingerprint density at radius 2 is 2.24 bits per heavy atom. The van der Waals surface area contributed by atoms with Crippen molar-refractivity contribution < 1.29 is 4.74 Å². The van der Waals surface area contributed by atoms with E-state index in [9.17, 15) is 0 Å². The molecule has 0 spiro atoms. The minimum atomic E-state index is 0. The van der Waals surface area contributed by atoms with Gasteiger partial charge in [0.05, 0.1) is 0 Å². The summed E-state index contributed by atoms with van der Waals surface area (Å²) in [7, 11) is 0. The van der Waals surface area contributed by atoms with E-state index in [2.05, 4.69) is 31.0 Å². The summed E-state index contributed by atoms with van der Waals surface area (Å²) in [5, 5.41) is 3.41. The van der Waals surface area contributed by atoms with Gasteiger partial charge in [0, 0.05) is 6.54 Å². The van der Waals surface area contributed by atoms with Crippen LogP contribution in [0.2, 0.25) is 0 Å². The van der Waals surface area contributed by atoms with Crippen LogP contribution in [0.4, 0.5) is 0 Å². The van der Waals surface area contributed by atoms with Gasteiger partial charge in [-0.2, -0.15) is 0 Å². The molecule has 0 heterocycles. The number of nitrogens with one attached hydrogen (secondary N) is 1. The predicted molar refractivity (Wildman–Crippen MR) is 76.0 cm³/mol. The van der Waals surface area contributed by atoms with Gasteiger partial charge in [0.25, 0.3) is 0 Å². The summed E-state index contributed by atoms with van der Waals surface area (Å²) in [6.45, 7) is 8.38. The standard InChI is InChI=1S/C14H21NO.ClH/c1-3-5-9-15-12-13-7-6-8-14(11-13)16-10-4-2;/h4,6-8,11,15H,2-3,5,9-10,12H2,1H3;1H. The lowest BCUT2D eigenvalue weighted by molar-refractivity contribution is 0.362. The lowest BCUT2D eigenvalue weighted by atomic mass is 10.2. The molecule has 2 nitrogen and oxygen atoms in total. The van der Waals surface area contributed by atoms with Crippen molar-refractivity contribution in [2.24, 2.45) is 0 Å². The highest BCUT2D eigenvalue weighted by Crippen LogP contribution is 2.13. The van der Waals surface area contributed by atoms with Crippen LogP contribution in [-0.2, 0) is 6.54 Å². The van der Waals surface area contributed by atoms with Crippen LogP contribution in [0.3, 0.4) is 0 Å². The van der Waals surface area contributed by atoms with Crippen molar-refractivity contribution in [2.75, 3.05) is 13.2 Å². The summed E-state index contributed by atoms with van der Waals surface area (Å²) in [5.74, 6) is 0.912. The fourth-order valence-corrected chi connectivity index (χ4v) is 1.43. The Balaban J connectivity index is 0.00000256. The van der Waals surface area contributed by atoms with Crippen molar-refractivity contribution in [1.82, 2.24) is 5.32 Å². The molecule has 0 saturated heterocycles. The zero-order chi connectivity index (χ0) is 11.6. The lowest BCUT2D eigenvalue weighted by Crippen LogP contribution is -2.14. The van der Waals surface area contributed by atoms with Crippen LogP contribution in [0.5, 0.6) is 5.75 Å². The zero-order valence-electron chi connectivity index (χ0n) is 10.4. The van der Waals surface area contributed by atoms with Crippen LogP contribution in [0.25, 0.3) is 0 Å². The van der Waals surface area contributed by atoms with E-state index in [1.807, 2.05) is 12.1 Å². The van der Waals surface area contributed by atoms with Gasteiger partial charge in [0.15, 0.2) is 0 Å². The third-order valence-electron chi connectivity index (χ3n) is 2.30. The normalized spacial score (nSPS) is 9.47. The average molecular weight is 256 g/mol. The molecule has 0 fully saturated rings. The first-order valence-electron chi connectivity index (χ1n) is 5.90. The van der Waals surface area contributed by atoms with Crippen molar-refractivity contribution >= 4 is 12.4 Å². The number of ether oxygens (including phenoxy) is 1. The fraction of sp³-hybridized carbons (Fsp3) is 0.429. The molecular weight excluding hydrogens is 234 g/mol. The Hall–Kier alpha value is -0.990. The molecule has 1 rings (SSSR count). The van der Waals surface area contributed by atoms with E-state index in [1.165, 1.54) is 18.4 Å². The maximum absolute atomic E-state index is 5.48. The number of unbranched alkanes of at least 4 members (excludes halogenated alkanes) is 1. The largest absolute Gasteiger partial charge is 0.490 e. The number of halogens is 1. The van der Waals surface area contributed by atoms with Gasteiger partial charge in [-0.05, 0) is 30.7 Å². The van der Waals surface area contributed by atoms with Crippen LogP contribution in [-0.4, -0.2) is 13.2 Å². The summed E-state index contributed by atoms with van der Waals surface area (Å²) >= 11 is 0. The molecule has 1 aromatic rings. The quantitative estimate of drug-likeness (QED) is 0.567. The topological polar surface area (TPSA) is 21.3 Å². The molecule has 0 aliphatic carbocycles. The van der Waals surface area contributed by atoms with E-state index in [0.717, 1.165) is 18.8 Å². The van der Waals surface area contributed by atoms with Gasteiger partial charge < -0.3 is 10.1 Å². The fourth-order valence-electron chi connectivity index (χ4n) is 1.43. The summed E-state index contributed by atoms with van der Waals surface area (Å²) in [6, 6.07) is 8.18. The van der Waals surface area contributed by atoms with Crippen LogP contribution < -0.4 is 10.1 Å². The zero-order valence-corrected chi connectivity index (χ0v) is 11.3. The third kappa shape index (κ3) is 7.03. The maximum atomic E-state index is 5.48. The first-order chi connectivity index (χ1) is 7.86. The Kier molecular flexibility index (Phi) is 9.59.